The lowest BCUT2D eigenvalue weighted by Crippen LogP contribution is -2.13. The van der Waals surface area contributed by atoms with E-state index in [0.29, 0.717) is 50.1 Å². The van der Waals surface area contributed by atoms with Crippen molar-refractivity contribution in [1.82, 2.24) is 15.0 Å². The summed E-state index contributed by atoms with van der Waals surface area (Å²) in [7, 11) is 8.61. The van der Waals surface area contributed by atoms with E-state index in [2.05, 4.69) is 29.1 Å². The van der Waals surface area contributed by atoms with Gasteiger partial charge in [0.2, 0.25) is 5.95 Å². The molecule has 0 amide bonds. The number of anilines is 2. The van der Waals surface area contributed by atoms with Crippen molar-refractivity contribution in [3.8, 4) is 22.8 Å². The Hall–Kier alpha value is -2.51. The van der Waals surface area contributed by atoms with Crippen LogP contribution in [0, 0.1) is 0 Å². The summed E-state index contributed by atoms with van der Waals surface area (Å²) in [6.07, 6.45) is 2.98. The van der Waals surface area contributed by atoms with Crippen molar-refractivity contribution in [3.63, 3.8) is 0 Å². The van der Waals surface area contributed by atoms with E-state index in [1.807, 2.05) is 25.1 Å². The molecule has 2 aromatic heterocycles. The number of benzene rings is 1. The van der Waals surface area contributed by atoms with E-state index in [0.717, 1.165) is 5.39 Å². The first-order valence-electron chi connectivity index (χ1n) is 9.45. The molecular formula is C21H27Cl2N5O2. The van der Waals surface area contributed by atoms with Crippen LogP contribution in [0.15, 0.2) is 18.3 Å². The number of hydrogen-bond donors (Lipinski definition) is 1. The topological polar surface area (TPSA) is 72.4 Å². The number of aromatic nitrogens is 3. The number of ether oxygens (including phenoxy) is 2. The Morgan fingerprint density at radius 2 is 1.57 bits per heavy atom. The number of rotatable bonds is 5. The zero-order valence-corrected chi connectivity index (χ0v) is 19.8. The fraction of sp³-hybridized carbons (Fsp3) is 0.381. The third-order valence-electron chi connectivity index (χ3n) is 4.02. The van der Waals surface area contributed by atoms with Gasteiger partial charge in [-0.1, -0.05) is 43.5 Å². The Kier molecular flexibility index (Phi) is 8.32. The summed E-state index contributed by atoms with van der Waals surface area (Å²) in [5.74, 6) is 2.07. The van der Waals surface area contributed by atoms with Gasteiger partial charge in [-0.3, -0.25) is 0 Å². The summed E-state index contributed by atoms with van der Waals surface area (Å²) in [5, 5.41) is 4.45. The van der Waals surface area contributed by atoms with Gasteiger partial charge in [0.05, 0.1) is 30.0 Å². The molecule has 0 bridgehead atoms. The van der Waals surface area contributed by atoms with E-state index in [4.69, 9.17) is 37.7 Å². The predicted octanol–water partition coefficient (Wildman–Crippen LogP) is 5.54. The van der Waals surface area contributed by atoms with Gasteiger partial charge in [0.15, 0.2) is 5.82 Å². The van der Waals surface area contributed by atoms with Crippen LogP contribution in [0.2, 0.25) is 10.0 Å². The average Bonchev–Trinajstić information content (AvgIpc) is 2.73. The minimum absolute atomic E-state index is 0.354. The van der Waals surface area contributed by atoms with E-state index in [1.54, 1.807) is 19.3 Å². The van der Waals surface area contributed by atoms with Gasteiger partial charge in [-0.05, 0) is 6.07 Å². The maximum Gasteiger partial charge on any atom is 0.223 e. The normalized spacial score (nSPS) is 10.3. The lowest BCUT2D eigenvalue weighted by atomic mass is 10.1. The van der Waals surface area contributed by atoms with Crippen molar-refractivity contribution in [2.45, 2.75) is 20.3 Å². The number of hydrogen-bond acceptors (Lipinski definition) is 7. The van der Waals surface area contributed by atoms with Crippen LogP contribution < -0.4 is 19.7 Å². The first-order chi connectivity index (χ1) is 14.3. The highest BCUT2D eigenvalue weighted by atomic mass is 35.5. The quantitative estimate of drug-likeness (QED) is 0.545. The first-order valence-corrected chi connectivity index (χ1v) is 10.2. The van der Waals surface area contributed by atoms with Crippen LogP contribution in [0.5, 0.6) is 11.5 Å². The van der Waals surface area contributed by atoms with E-state index in [-0.39, 0.29) is 0 Å². The Bertz CT molecular complexity index is 1000. The summed E-state index contributed by atoms with van der Waals surface area (Å²) in [5.41, 5.74) is 1.81. The summed E-state index contributed by atoms with van der Waals surface area (Å²) < 4.78 is 10.7. The molecular weight excluding hydrogens is 425 g/mol. The molecule has 30 heavy (non-hydrogen) atoms. The number of methoxy groups -OCH3 is 2. The van der Waals surface area contributed by atoms with Gasteiger partial charge in [0.25, 0.3) is 0 Å². The Morgan fingerprint density at radius 3 is 2.03 bits per heavy atom. The third-order valence-corrected chi connectivity index (χ3v) is 4.77. The lowest BCUT2D eigenvalue weighted by Gasteiger charge is -2.18. The highest BCUT2D eigenvalue weighted by Gasteiger charge is 2.22. The van der Waals surface area contributed by atoms with Crippen molar-refractivity contribution in [3.05, 3.63) is 28.4 Å². The number of fused-ring (bicyclic) bond motifs is 1. The van der Waals surface area contributed by atoms with Crippen molar-refractivity contribution >= 4 is 45.9 Å². The van der Waals surface area contributed by atoms with Gasteiger partial charge >= 0.3 is 0 Å². The van der Waals surface area contributed by atoms with Crippen molar-refractivity contribution in [2.24, 2.45) is 0 Å². The fourth-order valence-corrected chi connectivity index (χ4v) is 3.39. The van der Waals surface area contributed by atoms with E-state index in [1.165, 1.54) is 20.6 Å². The molecule has 1 aromatic carbocycles. The van der Waals surface area contributed by atoms with Crippen LogP contribution >= 0.6 is 23.2 Å². The molecule has 2 heterocycles. The molecule has 0 fully saturated rings. The summed E-state index contributed by atoms with van der Waals surface area (Å²) in [6.45, 7) is 4.25. The molecule has 0 aliphatic carbocycles. The van der Waals surface area contributed by atoms with Crippen molar-refractivity contribution in [2.75, 3.05) is 45.6 Å². The fourth-order valence-electron chi connectivity index (χ4n) is 2.69. The summed E-state index contributed by atoms with van der Waals surface area (Å²) in [4.78, 5) is 15.4. The van der Waals surface area contributed by atoms with Crippen molar-refractivity contribution < 1.29 is 9.47 Å². The molecule has 0 radical (unpaired) electrons. The molecule has 0 saturated carbocycles. The number of halogens is 2. The highest BCUT2D eigenvalue weighted by Crippen LogP contribution is 2.46. The van der Waals surface area contributed by atoms with Crippen molar-refractivity contribution in [1.29, 1.82) is 0 Å². The van der Waals surface area contributed by atoms with E-state index >= 15 is 0 Å². The molecule has 3 rings (SSSR count). The molecule has 0 spiro atoms. The van der Waals surface area contributed by atoms with Crippen LogP contribution in [0.3, 0.4) is 0 Å². The van der Waals surface area contributed by atoms with Gasteiger partial charge in [-0.15, -0.1) is 0 Å². The molecule has 0 unspecified atom stereocenters. The summed E-state index contributed by atoms with van der Waals surface area (Å²) in [6, 6.07) is 3.48. The molecule has 162 valence electrons. The number of nitrogens with one attached hydrogen (secondary N) is 1. The number of pyridine rings is 1. The third kappa shape index (κ3) is 4.79. The Balaban J connectivity index is 0.00000101. The second-order valence-corrected chi connectivity index (χ2v) is 7.35. The van der Waals surface area contributed by atoms with Crippen LogP contribution in [0.25, 0.3) is 22.2 Å². The van der Waals surface area contributed by atoms with Crippen LogP contribution in [-0.2, 0) is 0 Å². The molecule has 9 heteroatoms. The Labute approximate surface area is 187 Å². The predicted molar refractivity (Wildman–Crippen MR) is 126 cm³/mol. The molecule has 0 saturated heterocycles. The van der Waals surface area contributed by atoms with Gasteiger partial charge in [-0.25, -0.2) is 15.0 Å². The molecule has 3 aromatic rings. The maximum atomic E-state index is 6.55. The highest BCUT2D eigenvalue weighted by molar-refractivity contribution is 6.41. The SMILES string of the molecule is CCC.CNc1ncc2cc(-c3c(Cl)c(OC)cc(OC)c3Cl)nc(N(C)C)c2n1. The van der Waals surface area contributed by atoms with Gasteiger partial charge in [0.1, 0.15) is 17.0 Å². The van der Waals surface area contributed by atoms with E-state index < -0.39 is 0 Å². The smallest absolute Gasteiger partial charge is 0.223 e. The van der Waals surface area contributed by atoms with Gasteiger partial charge in [-0.2, -0.15) is 0 Å². The number of nitrogens with zero attached hydrogens (tertiary/aromatic N) is 4. The van der Waals surface area contributed by atoms with Gasteiger partial charge in [0, 0.05) is 44.4 Å². The minimum Gasteiger partial charge on any atom is -0.495 e. The zero-order chi connectivity index (χ0) is 22.4. The van der Waals surface area contributed by atoms with Crippen LogP contribution in [0.4, 0.5) is 11.8 Å². The largest absolute Gasteiger partial charge is 0.495 e. The molecule has 0 atom stereocenters. The van der Waals surface area contributed by atoms with Crippen LogP contribution in [-0.4, -0.2) is 50.3 Å². The molecule has 0 aliphatic rings. The maximum absolute atomic E-state index is 6.55. The molecule has 7 nitrogen and oxygen atoms in total. The standard InChI is InChI=1S/C18H19Cl2N5O2.C3H8/c1-21-18-22-8-9-6-10(23-17(25(2)3)16(9)24-18)13-14(19)11(26-4)7-12(27-5)15(13)20;1-3-2/h6-8H,1-5H3,(H,21,22,24);3H2,1-2H3. The van der Waals surface area contributed by atoms with Crippen LogP contribution in [0.1, 0.15) is 20.3 Å². The molecule has 0 aliphatic heterocycles. The monoisotopic (exact) mass is 451 g/mol. The van der Waals surface area contributed by atoms with E-state index in [9.17, 15) is 0 Å². The first kappa shape index (κ1) is 23.8. The summed E-state index contributed by atoms with van der Waals surface area (Å²) >= 11 is 13.1. The second-order valence-electron chi connectivity index (χ2n) is 6.60. The minimum atomic E-state index is 0.354. The van der Waals surface area contributed by atoms with Gasteiger partial charge < -0.3 is 19.7 Å². The second kappa shape index (κ2) is 10.5. The lowest BCUT2D eigenvalue weighted by molar-refractivity contribution is 0.395. The zero-order valence-electron chi connectivity index (χ0n) is 18.3. The Morgan fingerprint density at radius 1 is 1.00 bits per heavy atom. The molecule has 1 N–H and O–H groups in total. The average molecular weight is 452 g/mol.